The van der Waals surface area contributed by atoms with Crippen molar-refractivity contribution in [2.75, 3.05) is 10.8 Å². The van der Waals surface area contributed by atoms with Crippen LogP contribution in [0.5, 0.6) is 0 Å². The lowest BCUT2D eigenvalue weighted by Crippen LogP contribution is -2.48. The van der Waals surface area contributed by atoms with E-state index in [0.717, 1.165) is 35.6 Å². The molecule has 2 aromatic carbocycles. The first-order valence-electron chi connectivity index (χ1n) is 13.2. The summed E-state index contributed by atoms with van der Waals surface area (Å²) < 4.78 is 32.7. The number of benzene rings is 2. The number of nitrogens with one attached hydrogen (secondary N) is 1. The number of amides is 1. The van der Waals surface area contributed by atoms with E-state index in [4.69, 9.17) is 0 Å². The van der Waals surface area contributed by atoms with Crippen LogP contribution in [0.15, 0.2) is 52.2 Å². The Balaban J connectivity index is 1.86. The van der Waals surface area contributed by atoms with E-state index < -0.39 is 28.0 Å². The number of rotatable bonds is 7. The Bertz CT molecular complexity index is 1480. The minimum atomic E-state index is -4.27. The molecule has 0 saturated heterocycles. The van der Waals surface area contributed by atoms with Crippen LogP contribution in [0.4, 0.5) is 5.69 Å². The molecular weight excluding hydrogens is 500 g/mol. The van der Waals surface area contributed by atoms with Gasteiger partial charge in [-0.2, -0.15) is 0 Å². The number of sulfonamides is 1. The molecule has 1 N–H and O–H groups in total. The quantitative estimate of drug-likeness (QED) is 0.485. The molecule has 1 aliphatic carbocycles. The summed E-state index contributed by atoms with van der Waals surface area (Å²) in [5, 5.41) is 3.06. The summed E-state index contributed by atoms with van der Waals surface area (Å²) in [7, 11) is -2.55. The van der Waals surface area contributed by atoms with Gasteiger partial charge in [0.2, 0.25) is 5.91 Å². The van der Waals surface area contributed by atoms with E-state index >= 15 is 0 Å². The van der Waals surface area contributed by atoms with Crippen molar-refractivity contribution in [2.45, 2.75) is 71.2 Å². The number of hydrogen-bond donors (Lipinski definition) is 1. The highest BCUT2D eigenvalue weighted by Gasteiger charge is 2.36. The Morgan fingerprint density at radius 2 is 1.63 bits per heavy atom. The minimum Gasteiger partial charge on any atom is -0.352 e. The van der Waals surface area contributed by atoms with Crippen LogP contribution in [-0.4, -0.2) is 36.3 Å². The number of nitrogens with zero attached hydrogens (tertiary/aromatic N) is 3. The second kappa shape index (κ2) is 10.8. The van der Waals surface area contributed by atoms with Gasteiger partial charge in [-0.1, -0.05) is 55.7 Å². The Morgan fingerprint density at radius 1 is 1.03 bits per heavy atom. The maximum atomic E-state index is 14.3. The monoisotopic (exact) mass is 538 g/mol. The fraction of sp³-hybridized carbons (Fsp3) is 0.448. The van der Waals surface area contributed by atoms with Crippen LogP contribution in [-0.2, 0) is 21.9 Å². The normalized spacial score (nSPS) is 17.8. The summed E-state index contributed by atoms with van der Waals surface area (Å²) in [5.41, 5.74) is 2.62. The number of hydrogen-bond acceptors (Lipinski definition) is 4. The summed E-state index contributed by atoms with van der Waals surface area (Å²) in [4.78, 5) is 27.4. The second-order valence-corrected chi connectivity index (χ2v) is 12.4. The molecule has 4 rings (SSSR count). The largest absolute Gasteiger partial charge is 0.352 e. The molecule has 1 fully saturated rings. The van der Waals surface area contributed by atoms with Crippen LogP contribution in [0, 0.1) is 33.6 Å². The van der Waals surface area contributed by atoms with Crippen LogP contribution < -0.4 is 15.2 Å². The zero-order valence-corrected chi connectivity index (χ0v) is 23.9. The second-order valence-electron chi connectivity index (χ2n) is 10.6. The highest BCUT2D eigenvalue weighted by Crippen LogP contribution is 2.30. The SMILES string of the molecule is Cc1cc(C)c(S(=O)(=O)N(CC(=O)N[C@@H]2CCCC[C@H]2C)c2c(C)n(C)n(-c3ccccc3)c2=O)c(C)c1. The van der Waals surface area contributed by atoms with Crippen molar-refractivity contribution in [1.82, 2.24) is 14.7 Å². The lowest BCUT2D eigenvalue weighted by atomic mass is 9.86. The van der Waals surface area contributed by atoms with E-state index in [1.165, 1.54) is 4.68 Å². The fourth-order valence-electron chi connectivity index (χ4n) is 5.72. The van der Waals surface area contributed by atoms with Gasteiger partial charge in [-0.25, -0.2) is 17.4 Å². The van der Waals surface area contributed by atoms with Crippen LogP contribution in [0.2, 0.25) is 0 Å². The van der Waals surface area contributed by atoms with Gasteiger partial charge in [0.05, 0.1) is 16.3 Å². The highest BCUT2D eigenvalue weighted by atomic mass is 32.2. The van der Waals surface area contributed by atoms with Gasteiger partial charge in [-0.15, -0.1) is 0 Å². The molecule has 1 saturated carbocycles. The molecule has 0 radical (unpaired) electrons. The molecule has 0 spiro atoms. The molecule has 204 valence electrons. The third-order valence-electron chi connectivity index (χ3n) is 7.67. The molecule has 1 aliphatic rings. The molecule has 0 aliphatic heterocycles. The maximum absolute atomic E-state index is 14.3. The molecule has 2 atom stereocenters. The molecule has 8 nitrogen and oxygen atoms in total. The first-order chi connectivity index (χ1) is 17.9. The van der Waals surface area contributed by atoms with E-state index in [9.17, 15) is 18.0 Å². The van der Waals surface area contributed by atoms with Crippen molar-refractivity contribution < 1.29 is 13.2 Å². The number of aryl methyl sites for hydroxylation is 3. The Morgan fingerprint density at radius 3 is 2.24 bits per heavy atom. The summed E-state index contributed by atoms with van der Waals surface area (Å²) in [6.07, 6.45) is 4.04. The first kappa shape index (κ1) is 27.7. The van der Waals surface area contributed by atoms with Crippen molar-refractivity contribution in [2.24, 2.45) is 13.0 Å². The Hall–Kier alpha value is -3.33. The first-order valence-corrected chi connectivity index (χ1v) is 14.6. The zero-order valence-electron chi connectivity index (χ0n) is 23.1. The lowest BCUT2D eigenvalue weighted by Gasteiger charge is -2.31. The standard InChI is InChI=1S/C29H38N4O4S/c1-19-16-21(3)28(22(4)17-19)38(36,37)32(18-26(34)30-25-15-11-10-12-20(25)2)27-23(5)31(6)33(29(27)35)24-13-8-7-9-14-24/h7-9,13-14,16-17,20,25H,10-12,15,18H2,1-6H3,(H,30,34)/t20-,25-/m1/s1. The highest BCUT2D eigenvalue weighted by molar-refractivity contribution is 7.93. The van der Waals surface area contributed by atoms with E-state index in [0.29, 0.717) is 28.4 Å². The average molecular weight is 539 g/mol. The molecule has 38 heavy (non-hydrogen) atoms. The number of anilines is 1. The van der Waals surface area contributed by atoms with E-state index in [1.54, 1.807) is 44.6 Å². The van der Waals surface area contributed by atoms with Gasteiger partial charge in [-0.3, -0.25) is 14.3 Å². The summed E-state index contributed by atoms with van der Waals surface area (Å²) in [5.74, 6) is -0.100. The minimum absolute atomic E-state index is 0.0125. The van der Waals surface area contributed by atoms with Gasteiger partial charge in [0.25, 0.3) is 15.6 Å². The molecule has 0 bridgehead atoms. The Labute approximate surface area is 225 Å². The van der Waals surface area contributed by atoms with E-state index in [-0.39, 0.29) is 16.6 Å². The number of carbonyl (C=O) groups excluding carboxylic acids is 1. The van der Waals surface area contributed by atoms with Crippen molar-refractivity contribution in [1.29, 1.82) is 0 Å². The van der Waals surface area contributed by atoms with Crippen LogP contribution >= 0.6 is 0 Å². The van der Waals surface area contributed by atoms with Crippen LogP contribution in [0.3, 0.4) is 0 Å². The van der Waals surface area contributed by atoms with Crippen molar-refractivity contribution >= 4 is 21.6 Å². The van der Waals surface area contributed by atoms with E-state index in [2.05, 4.69) is 12.2 Å². The van der Waals surface area contributed by atoms with Gasteiger partial charge < -0.3 is 5.32 Å². The number of aromatic nitrogens is 2. The number of para-hydroxylation sites is 1. The Kier molecular flexibility index (Phi) is 7.88. The van der Waals surface area contributed by atoms with Gasteiger partial charge in [0.1, 0.15) is 12.2 Å². The zero-order chi connectivity index (χ0) is 27.8. The molecular formula is C29H38N4O4S. The van der Waals surface area contributed by atoms with Crippen LogP contribution in [0.25, 0.3) is 5.69 Å². The van der Waals surface area contributed by atoms with Crippen LogP contribution in [0.1, 0.15) is 55.0 Å². The summed E-state index contributed by atoms with van der Waals surface area (Å²) >= 11 is 0. The number of carbonyl (C=O) groups is 1. The molecule has 3 aromatic rings. The summed E-state index contributed by atoms with van der Waals surface area (Å²) in [6.45, 7) is 8.73. The van der Waals surface area contributed by atoms with Crippen molar-refractivity contribution in [3.05, 3.63) is 75.2 Å². The third kappa shape index (κ3) is 5.16. The topological polar surface area (TPSA) is 93.4 Å². The average Bonchev–Trinajstić information content (AvgIpc) is 3.06. The van der Waals surface area contributed by atoms with Gasteiger partial charge in [0.15, 0.2) is 0 Å². The van der Waals surface area contributed by atoms with Gasteiger partial charge in [-0.05, 0) is 69.7 Å². The molecule has 0 unspecified atom stereocenters. The lowest BCUT2D eigenvalue weighted by molar-refractivity contribution is -0.120. The molecule has 1 heterocycles. The van der Waals surface area contributed by atoms with Crippen molar-refractivity contribution in [3.8, 4) is 5.69 Å². The van der Waals surface area contributed by atoms with Gasteiger partial charge in [0, 0.05) is 13.1 Å². The van der Waals surface area contributed by atoms with Gasteiger partial charge >= 0.3 is 0 Å². The molecule has 9 heteroatoms. The molecule has 1 amide bonds. The molecule has 1 aromatic heterocycles. The predicted octanol–water partition coefficient (Wildman–Crippen LogP) is 4.30. The predicted molar refractivity (Wildman–Crippen MR) is 150 cm³/mol. The third-order valence-corrected chi connectivity index (χ3v) is 9.72. The maximum Gasteiger partial charge on any atom is 0.296 e. The summed E-state index contributed by atoms with van der Waals surface area (Å²) in [6, 6.07) is 12.7. The van der Waals surface area contributed by atoms with Crippen molar-refractivity contribution in [3.63, 3.8) is 0 Å². The smallest absolute Gasteiger partial charge is 0.296 e. The fourth-order valence-corrected chi connectivity index (χ4v) is 7.61. The van der Waals surface area contributed by atoms with E-state index in [1.807, 2.05) is 37.3 Å².